The van der Waals surface area contributed by atoms with Crippen LogP contribution in [0, 0.1) is 0 Å². The number of rotatable bonds is 5. The van der Waals surface area contributed by atoms with Crippen molar-refractivity contribution in [3.8, 4) is 11.5 Å². The maximum atomic E-state index is 12.9. The van der Waals surface area contributed by atoms with E-state index in [1.807, 2.05) is 12.1 Å². The minimum Gasteiger partial charge on any atom is -0.506 e. The van der Waals surface area contributed by atoms with Crippen LogP contribution >= 0.6 is 0 Å². The molecule has 0 aliphatic carbocycles. The highest BCUT2D eigenvalue weighted by atomic mass is 16.5. The quantitative estimate of drug-likeness (QED) is 0.714. The molecular weight excluding hydrogens is 334 g/mol. The fourth-order valence-electron chi connectivity index (χ4n) is 2.85. The molecule has 1 N–H and O–H groups in total. The molecule has 0 spiro atoms. The summed E-state index contributed by atoms with van der Waals surface area (Å²) in [6.45, 7) is 2.00. The second-order valence-electron chi connectivity index (χ2n) is 5.70. The van der Waals surface area contributed by atoms with Crippen molar-refractivity contribution in [3.63, 3.8) is 0 Å². The largest absolute Gasteiger partial charge is 0.506 e. The van der Waals surface area contributed by atoms with E-state index >= 15 is 0 Å². The Morgan fingerprint density at radius 3 is 2.46 bits per heavy atom. The highest BCUT2D eigenvalue weighted by Crippen LogP contribution is 2.27. The number of methoxy groups -OCH3 is 1. The van der Waals surface area contributed by atoms with Crippen molar-refractivity contribution in [1.29, 1.82) is 0 Å². The molecule has 2 aromatic carbocycles. The first-order valence-corrected chi connectivity index (χ1v) is 8.21. The Morgan fingerprint density at radius 2 is 1.81 bits per heavy atom. The second-order valence-corrected chi connectivity index (χ2v) is 5.70. The van der Waals surface area contributed by atoms with Gasteiger partial charge in [0.15, 0.2) is 5.56 Å². The molecule has 0 atom stereocenters. The maximum Gasteiger partial charge on any atom is 0.347 e. The molecule has 6 heteroatoms. The van der Waals surface area contributed by atoms with Gasteiger partial charge in [-0.05, 0) is 36.8 Å². The van der Waals surface area contributed by atoms with Crippen molar-refractivity contribution in [2.45, 2.75) is 13.5 Å². The predicted octanol–water partition coefficient (Wildman–Crippen LogP) is 2.94. The Bertz CT molecular complexity index is 1010. The summed E-state index contributed by atoms with van der Waals surface area (Å²) in [4.78, 5) is 25.1. The van der Waals surface area contributed by atoms with Crippen LogP contribution in [-0.2, 0) is 11.3 Å². The first-order valence-electron chi connectivity index (χ1n) is 8.21. The van der Waals surface area contributed by atoms with E-state index in [0.29, 0.717) is 16.7 Å². The van der Waals surface area contributed by atoms with Crippen LogP contribution in [0.15, 0.2) is 53.3 Å². The molecule has 26 heavy (non-hydrogen) atoms. The predicted molar refractivity (Wildman–Crippen MR) is 97.9 cm³/mol. The van der Waals surface area contributed by atoms with Crippen molar-refractivity contribution in [2.75, 3.05) is 13.7 Å². The number of benzene rings is 2. The van der Waals surface area contributed by atoms with Gasteiger partial charge in [-0.3, -0.25) is 4.79 Å². The number of para-hydroxylation sites is 1. The van der Waals surface area contributed by atoms with Crippen LogP contribution in [-0.4, -0.2) is 29.4 Å². The SMILES string of the molecule is CCOC(=O)c1c(O)c2ccccc2n(Cc2ccc(OC)cc2)c1=O. The molecule has 0 amide bonds. The molecule has 134 valence electrons. The summed E-state index contributed by atoms with van der Waals surface area (Å²) in [6.07, 6.45) is 0. The van der Waals surface area contributed by atoms with Crippen LogP contribution in [0.2, 0.25) is 0 Å². The lowest BCUT2D eigenvalue weighted by Gasteiger charge is -2.14. The zero-order valence-corrected chi connectivity index (χ0v) is 14.6. The summed E-state index contributed by atoms with van der Waals surface area (Å²) in [6, 6.07) is 14.2. The standard InChI is InChI=1S/C20H19NO5/c1-3-26-20(24)17-18(22)15-6-4-5-7-16(15)21(19(17)23)12-13-8-10-14(25-2)11-9-13/h4-11,22H,3,12H2,1-2H3. The number of carbonyl (C=O) groups excluding carboxylic acids is 1. The average Bonchev–Trinajstić information content (AvgIpc) is 2.66. The van der Waals surface area contributed by atoms with Crippen LogP contribution in [0.5, 0.6) is 11.5 Å². The summed E-state index contributed by atoms with van der Waals surface area (Å²) in [5, 5.41) is 10.9. The highest BCUT2D eigenvalue weighted by Gasteiger charge is 2.23. The van der Waals surface area contributed by atoms with Gasteiger partial charge >= 0.3 is 5.97 Å². The molecule has 0 aliphatic rings. The lowest BCUT2D eigenvalue weighted by atomic mass is 10.1. The molecule has 0 radical (unpaired) electrons. The number of hydrogen-bond donors (Lipinski definition) is 1. The van der Waals surface area contributed by atoms with E-state index in [4.69, 9.17) is 9.47 Å². The second kappa shape index (κ2) is 7.31. The third-order valence-corrected chi connectivity index (χ3v) is 4.13. The monoisotopic (exact) mass is 353 g/mol. The Balaban J connectivity index is 2.19. The number of aromatic hydroxyl groups is 1. The van der Waals surface area contributed by atoms with Crippen molar-refractivity contribution in [3.05, 3.63) is 70.0 Å². The van der Waals surface area contributed by atoms with Gasteiger partial charge in [0.05, 0.1) is 25.8 Å². The first-order chi connectivity index (χ1) is 12.6. The van der Waals surface area contributed by atoms with Gasteiger partial charge in [-0.1, -0.05) is 24.3 Å². The molecule has 0 saturated carbocycles. The van der Waals surface area contributed by atoms with E-state index in [-0.39, 0.29) is 24.5 Å². The van der Waals surface area contributed by atoms with Gasteiger partial charge in [-0.2, -0.15) is 0 Å². The van der Waals surface area contributed by atoms with Gasteiger partial charge < -0.3 is 19.1 Å². The van der Waals surface area contributed by atoms with E-state index < -0.39 is 11.5 Å². The van der Waals surface area contributed by atoms with Crippen molar-refractivity contribution in [1.82, 2.24) is 4.57 Å². The molecule has 0 fully saturated rings. The number of aromatic nitrogens is 1. The summed E-state index contributed by atoms with van der Waals surface area (Å²) < 4.78 is 11.6. The van der Waals surface area contributed by atoms with Gasteiger partial charge in [0.1, 0.15) is 11.5 Å². The van der Waals surface area contributed by atoms with Gasteiger partial charge in [-0.25, -0.2) is 4.79 Å². The molecule has 1 heterocycles. The minimum absolute atomic E-state index is 0.114. The average molecular weight is 353 g/mol. The van der Waals surface area contributed by atoms with Crippen molar-refractivity contribution in [2.24, 2.45) is 0 Å². The van der Waals surface area contributed by atoms with Gasteiger partial charge in [0, 0.05) is 5.39 Å². The normalized spacial score (nSPS) is 10.7. The van der Waals surface area contributed by atoms with Gasteiger partial charge in [0.2, 0.25) is 0 Å². The molecular formula is C20H19NO5. The van der Waals surface area contributed by atoms with Crippen LogP contribution in [0.4, 0.5) is 0 Å². The fraction of sp³-hybridized carbons (Fsp3) is 0.200. The highest BCUT2D eigenvalue weighted by molar-refractivity contribution is 5.99. The van der Waals surface area contributed by atoms with Crippen molar-refractivity contribution >= 4 is 16.9 Å². The third-order valence-electron chi connectivity index (χ3n) is 4.13. The number of fused-ring (bicyclic) bond motifs is 1. The summed E-state index contributed by atoms with van der Waals surface area (Å²) in [7, 11) is 1.58. The van der Waals surface area contributed by atoms with Crippen LogP contribution in [0.3, 0.4) is 0 Å². The number of pyridine rings is 1. The van der Waals surface area contributed by atoms with Crippen LogP contribution in [0.25, 0.3) is 10.9 Å². The molecule has 6 nitrogen and oxygen atoms in total. The Kier molecular flexibility index (Phi) is 4.93. The first kappa shape index (κ1) is 17.5. The molecule has 3 rings (SSSR count). The third kappa shape index (κ3) is 3.13. The molecule has 0 aliphatic heterocycles. The van der Waals surface area contributed by atoms with E-state index in [1.165, 1.54) is 4.57 Å². The number of nitrogens with zero attached hydrogens (tertiary/aromatic N) is 1. The number of carbonyl (C=O) groups is 1. The summed E-state index contributed by atoms with van der Waals surface area (Å²) in [5.74, 6) is -0.469. The number of ether oxygens (including phenoxy) is 2. The lowest BCUT2D eigenvalue weighted by molar-refractivity contribution is 0.0520. The van der Waals surface area contributed by atoms with E-state index in [1.54, 1.807) is 50.4 Å². The molecule has 3 aromatic rings. The lowest BCUT2D eigenvalue weighted by Crippen LogP contribution is -2.28. The smallest absolute Gasteiger partial charge is 0.347 e. The topological polar surface area (TPSA) is 77.8 Å². The summed E-state index contributed by atoms with van der Waals surface area (Å²) >= 11 is 0. The Hall–Kier alpha value is -3.28. The Labute approximate surface area is 150 Å². The molecule has 0 saturated heterocycles. The number of hydrogen-bond acceptors (Lipinski definition) is 5. The zero-order valence-electron chi connectivity index (χ0n) is 14.6. The fourth-order valence-corrected chi connectivity index (χ4v) is 2.85. The van der Waals surface area contributed by atoms with Gasteiger partial charge in [-0.15, -0.1) is 0 Å². The number of esters is 1. The van der Waals surface area contributed by atoms with Crippen LogP contribution < -0.4 is 10.3 Å². The summed E-state index contributed by atoms with van der Waals surface area (Å²) in [5.41, 5.74) is 0.465. The van der Waals surface area contributed by atoms with Gasteiger partial charge in [0.25, 0.3) is 5.56 Å². The molecule has 1 aromatic heterocycles. The Morgan fingerprint density at radius 1 is 1.12 bits per heavy atom. The molecule has 0 unspecified atom stereocenters. The van der Waals surface area contributed by atoms with E-state index in [2.05, 4.69) is 0 Å². The van der Waals surface area contributed by atoms with Crippen molar-refractivity contribution < 1.29 is 19.4 Å². The van der Waals surface area contributed by atoms with E-state index in [0.717, 1.165) is 5.56 Å². The van der Waals surface area contributed by atoms with E-state index in [9.17, 15) is 14.7 Å². The molecule has 0 bridgehead atoms. The zero-order chi connectivity index (χ0) is 18.7. The van der Waals surface area contributed by atoms with Crippen LogP contribution in [0.1, 0.15) is 22.8 Å². The maximum absolute atomic E-state index is 12.9. The minimum atomic E-state index is -0.829.